The predicted octanol–water partition coefficient (Wildman–Crippen LogP) is 4.31. The molecule has 0 heterocycles. The molecular formula is C30H62O10. The van der Waals surface area contributed by atoms with Crippen LogP contribution < -0.4 is 0 Å². The average molecular weight is 583 g/mol. The van der Waals surface area contributed by atoms with E-state index in [0.717, 1.165) is 26.1 Å². The molecule has 0 radical (unpaired) electrons. The van der Waals surface area contributed by atoms with Crippen LogP contribution in [0, 0.1) is 0 Å². The highest BCUT2D eigenvalue weighted by atomic mass is 16.6. The van der Waals surface area contributed by atoms with E-state index in [1.54, 1.807) is 0 Å². The molecule has 0 aromatic carbocycles. The van der Waals surface area contributed by atoms with Crippen molar-refractivity contribution in [3.63, 3.8) is 0 Å². The van der Waals surface area contributed by atoms with E-state index in [1.807, 2.05) is 0 Å². The number of hydrogen-bond donors (Lipinski definition) is 0. The third-order valence-electron chi connectivity index (χ3n) is 5.63. The zero-order valence-electron chi connectivity index (χ0n) is 25.9. The van der Waals surface area contributed by atoms with Crippen LogP contribution in [0.5, 0.6) is 0 Å². The first-order valence-electron chi connectivity index (χ1n) is 15.7. The summed E-state index contributed by atoms with van der Waals surface area (Å²) in [5.74, 6) is 0. The molecule has 0 rings (SSSR count). The van der Waals surface area contributed by atoms with Crippen molar-refractivity contribution in [2.45, 2.75) is 65.2 Å². The lowest BCUT2D eigenvalue weighted by atomic mass is 10.2. The Morgan fingerprint density at radius 3 is 0.550 bits per heavy atom. The molecule has 0 fully saturated rings. The van der Waals surface area contributed by atoms with Gasteiger partial charge in [0.15, 0.2) is 0 Å². The topological polar surface area (TPSA) is 92.3 Å². The van der Waals surface area contributed by atoms with Crippen molar-refractivity contribution < 1.29 is 47.4 Å². The molecule has 10 heteroatoms. The molecule has 0 spiro atoms. The van der Waals surface area contributed by atoms with Crippen LogP contribution in [0.4, 0.5) is 0 Å². The lowest BCUT2D eigenvalue weighted by molar-refractivity contribution is -0.0264. The predicted molar refractivity (Wildman–Crippen MR) is 156 cm³/mol. The van der Waals surface area contributed by atoms with E-state index in [2.05, 4.69) is 13.8 Å². The molecule has 0 aliphatic heterocycles. The van der Waals surface area contributed by atoms with Gasteiger partial charge in [-0.15, -0.1) is 0 Å². The maximum atomic E-state index is 5.52. The summed E-state index contributed by atoms with van der Waals surface area (Å²) in [5, 5.41) is 0. The summed E-state index contributed by atoms with van der Waals surface area (Å²) in [6.45, 7) is 16.3. The fourth-order valence-corrected chi connectivity index (χ4v) is 3.34. The van der Waals surface area contributed by atoms with E-state index < -0.39 is 0 Å². The highest BCUT2D eigenvalue weighted by Gasteiger charge is 1.96. The molecule has 0 unspecified atom stereocenters. The van der Waals surface area contributed by atoms with Crippen molar-refractivity contribution >= 4 is 0 Å². The van der Waals surface area contributed by atoms with Crippen LogP contribution in [0.1, 0.15) is 65.2 Å². The highest BCUT2D eigenvalue weighted by molar-refractivity contribution is 4.42. The van der Waals surface area contributed by atoms with Crippen LogP contribution in [-0.4, -0.2) is 132 Å². The summed E-state index contributed by atoms with van der Waals surface area (Å²) in [6, 6.07) is 0. The summed E-state index contributed by atoms with van der Waals surface area (Å²) in [4.78, 5) is 0. The Morgan fingerprint density at radius 1 is 0.200 bits per heavy atom. The van der Waals surface area contributed by atoms with E-state index >= 15 is 0 Å². The van der Waals surface area contributed by atoms with Crippen molar-refractivity contribution in [1.29, 1.82) is 0 Å². The highest BCUT2D eigenvalue weighted by Crippen LogP contribution is 1.99. The molecular weight excluding hydrogens is 520 g/mol. The average Bonchev–Trinajstić information content (AvgIpc) is 2.97. The van der Waals surface area contributed by atoms with Crippen LogP contribution in [0.25, 0.3) is 0 Å². The fourth-order valence-electron chi connectivity index (χ4n) is 3.34. The Hall–Kier alpha value is -0.400. The SMILES string of the molecule is CCCCCCOCCOCCOCCOCCOCCOCCOCCOCCOCCOCCCCCC. The van der Waals surface area contributed by atoms with Crippen LogP contribution >= 0.6 is 0 Å². The zero-order chi connectivity index (χ0) is 28.9. The van der Waals surface area contributed by atoms with Gasteiger partial charge >= 0.3 is 0 Å². The maximum Gasteiger partial charge on any atom is 0.0701 e. The quantitative estimate of drug-likeness (QED) is 0.0987. The molecule has 0 atom stereocenters. The van der Waals surface area contributed by atoms with E-state index in [0.29, 0.717) is 119 Å². The molecule has 0 aliphatic rings. The normalized spacial score (nSPS) is 11.6. The van der Waals surface area contributed by atoms with Crippen molar-refractivity contribution in [2.75, 3.05) is 132 Å². The summed E-state index contributed by atoms with van der Waals surface area (Å²) in [7, 11) is 0. The molecule has 0 aromatic rings. The van der Waals surface area contributed by atoms with Gasteiger partial charge in [0, 0.05) is 13.2 Å². The van der Waals surface area contributed by atoms with E-state index in [-0.39, 0.29) is 0 Å². The molecule has 0 saturated heterocycles. The van der Waals surface area contributed by atoms with Crippen LogP contribution in [0.3, 0.4) is 0 Å². The molecule has 0 N–H and O–H groups in total. The largest absolute Gasteiger partial charge is 0.379 e. The minimum absolute atomic E-state index is 0.534. The second-order valence-electron chi connectivity index (χ2n) is 9.25. The number of hydrogen-bond acceptors (Lipinski definition) is 10. The van der Waals surface area contributed by atoms with E-state index in [1.165, 1.54) is 38.5 Å². The number of ether oxygens (including phenoxy) is 10. The fraction of sp³-hybridized carbons (Fsp3) is 1.00. The number of rotatable bonds is 37. The third-order valence-corrected chi connectivity index (χ3v) is 5.63. The molecule has 0 saturated carbocycles. The van der Waals surface area contributed by atoms with Crippen LogP contribution in [0.2, 0.25) is 0 Å². The Kier molecular flexibility index (Phi) is 38.2. The Bertz CT molecular complexity index is 393. The molecule has 0 aliphatic carbocycles. The molecule has 40 heavy (non-hydrogen) atoms. The standard InChI is InChI=1S/C30H62O10/c1-3-5-7-9-11-31-13-15-33-17-19-35-21-23-37-25-27-39-29-30-40-28-26-38-24-22-36-20-18-34-16-14-32-12-10-8-6-4-2/h3-30H2,1-2H3. The zero-order valence-corrected chi connectivity index (χ0v) is 25.9. The Labute approximate surface area is 244 Å². The van der Waals surface area contributed by atoms with Crippen LogP contribution in [-0.2, 0) is 47.4 Å². The van der Waals surface area contributed by atoms with Gasteiger partial charge in [-0.05, 0) is 12.8 Å². The van der Waals surface area contributed by atoms with Crippen molar-refractivity contribution in [3.8, 4) is 0 Å². The van der Waals surface area contributed by atoms with E-state index in [9.17, 15) is 0 Å². The van der Waals surface area contributed by atoms with Gasteiger partial charge in [-0.25, -0.2) is 0 Å². The molecule has 242 valence electrons. The van der Waals surface area contributed by atoms with Gasteiger partial charge < -0.3 is 47.4 Å². The summed E-state index contributed by atoms with van der Waals surface area (Å²) in [5.41, 5.74) is 0. The smallest absolute Gasteiger partial charge is 0.0701 e. The lowest BCUT2D eigenvalue weighted by Gasteiger charge is -2.09. The second-order valence-corrected chi connectivity index (χ2v) is 9.25. The van der Waals surface area contributed by atoms with Gasteiger partial charge in [-0.1, -0.05) is 52.4 Å². The van der Waals surface area contributed by atoms with E-state index in [4.69, 9.17) is 47.4 Å². The van der Waals surface area contributed by atoms with Gasteiger partial charge in [0.1, 0.15) is 0 Å². The summed E-state index contributed by atoms with van der Waals surface area (Å²) >= 11 is 0. The minimum atomic E-state index is 0.534. The van der Waals surface area contributed by atoms with Gasteiger partial charge in [0.2, 0.25) is 0 Å². The van der Waals surface area contributed by atoms with Crippen LogP contribution in [0.15, 0.2) is 0 Å². The molecule has 0 bridgehead atoms. The second kappa shape index (κ2) is 38.6. The van der Waals surface area contributed by atoms with Gasteiger partial charge in [-0.2, -0.15) is 0 Å². The molecule has 0 aromatic heterocycles. The van der Waals surface area contributed by atoms with Crippen molar-refractivity contribution in [3.05, 3.63) is 0 Å². The Balaban J connectivity index is 3.01. The maximum absolute atomic E-state index is 5.52. The Morgan fingerprint density at radius 2 is 0.375 bits per heavy atom. The first-order chi connectivity index (χ1) is 19.9. The third kappa shape index (κ3) is 37.6. The van der Waals surface area contributed by atoms with Gasteiger partial charge in [0.25, 0.3) is 0 Å². The monoisotopic (exact) mass is 582 g/mol. The summed E-state index contributed by atoms with van der Waals surface area (Å²) in [6.07, 6.45) is 9.83. The molecule has 10 nitrogen and oxygen atoms in total. The number of unbranched alkanes of at least 4 members (excludes halogenated alkanes) is 6. The summed E-state index contributed by atoms with van der Waals surface area (Å²) < 4.78 is 54.9. The first kappa shape index (κ1) is 39.6. The molecule has 0 amide bonds. The van der Waals surface area contributed by atoms with Crippen molar-refractivity contribution in [1.82, 2.24) is 0 Å². The van der Waals surface area contributed by atoms with Crippen molar-refractivity contribution in [2.24, 2.45) is 0 Å². The first-order valence-corrected chi connectivity index (χ1v) is 15.7. The minimum Gasteiger partial charge on any atom is -0.379 e. The van der Waals surface area contributed by atoms with Gasteiger partial charge in [-0.3, -0.25) is 0 Å². The van der Waals surface area contributed by atoms with Gasteiger partial charge in [0.05, 0.1) is 119 Å². The lowest BCUT2D eigenvalue weighted by Crippen LogP contribution is -2.15.